The molecule has 0 radical (unpaired) electrons. The number of nitrogens with one attached hydrogen (secondary N) is 1. The predicted molar refractivity (Wildman–Crippen MR) is 102 cm³/mol. The molecule has 2 atom stereocenters. The second kappa shape index (κ2) is 7.84. The zero-order valence-corrected chi connectivity index (χ0v) is 16.2. The van der Waals surface area contributed by atoms with Crippen molar-refractivity contribution >= 4 is 17.2 Å². The van der Waals surface area contributed by atoms with Crippen molar-refractivity contribution in [1.29, 1.82) is 0 Å². The maximum Gasteiger partial charge on any atom is 0.263 e. The summed E-state index contributed by atoms with van der Waals surface area (Å²) in [5, 5.41) is 3.52. The van der Waals surface area contributed by atoms with E-state index in [0.717, 1.165) is 19.4 Å². The van der Waals surface area contributed by atoms with Gasteiger partial charge in [-0.2, -0.15) is 0 Å². The molecule has 1 aromatic carbocycles. The molecule has 0 aliphatic carbocycles. The van der Waals surface area contributed by atoms with Crippen molar-refractivity contribution in [3.8, 4) is 10.6 Å². The van der Waals surface area contributed by atoms with Crippen LogP contribution in [0.2, 0.25) is 0 Å². The Kier molecular flexibility index (Phi) is 5.73. The number of halogens is 1. The SMILES string of the molecule is CC(C)(C)[C@@H]1OCCC[C@H]1CNC(=O)c1cnc(-c2ccccc2F)s1. The number of aromatic nitrogens is 1. The third kappa shape index (κ3) is 4.30. The van der Waals surface area contributed by atoms with E-state index in [1.807, 2.05) is 0 Å². The standard InChI is InChI=1S/C20H25FN2O2S/c1-20(2,3)17-13(7-6-10-25-17)11-22-18(24)16-12-23-19(26-16)14-8-4-5-9-15(14)21/h4-5,8-9,12-13,17H,6-7,10-11H2,1-3H3,(H,22,24)/t13-,17+/m0/s1. The molecule has 1 fully saturated rings. The highest BCUT2D eigenvalue weighted by atomic mass is 32.1. The largest absolute Gasteiger partial charge is 0.377 e. The molecule has 1 N–H and O–H groups in total. The zero-order valence-electron chi connectivity index (χ0n) is 15.4. The minimum atomic E-state index is -0.332. The normalized spacial score (nSPS) is 20.8. The van der Waals surface area contributed by atoms with E-state index in [-0.39, 0.29) is 23.2 Å². The Bertz CT molecular complexity index is 769. The first kappa shape index (κ1) is 19.0. The van der Waals surface area contributed by atoms with Gasteiger partial charge < -0.3 is 10.1 Å². The van der Waals surface area contributed by atoms with Crippen LogP contribution in [-0.4, -0.2) is 30.1 Å². The number of carbonyl (C=O) groups is 1. The van der Waals surface area contributed by atoms with Gasteiger partial charge in [-0.3, -0.25) is 4.79 Å². The highest BCUT2D eigenvalue weighted by Crippen LogP contribution is 2.34. The van der Waals surface area contributed by atoms with Gasteiger partial charge in [-0.15, -0.1) is 11.3 Å². The smallest absolute Gasteiger partial charge is 0.263 e. The van der Waals surface area contributed by atoms with Gasteiger partial charge in [0.1, 0.15) is 15.7 Å². The topological polar surface area (TPSA) is 51.2 Å². The summed E-state index contributed by atoms with van der Waals surface area (Å²) in [6, 6.07) is 6.46. The van der Waals surface area contributed by atoms with E-state index in [1.54, 1.807) is 18.2 Å². The van der Waals surface area contributed by atoms with E-state index in [1.165, 1.54) is 23.6 Å². The molecule has 140 valence electrons. The van der Waals surface area contributed by atoms with Crippen molar-refractivity contribution in [3.05, 3.63) is 41.2 Å². The van der Waals surface area contributed by atoms with Crippen molar-refractivity contribution in [2.75, 3.05) is 13.2 Å². The van der Waals surface area contributed by atoms with Crippen LogP contribution in [0.3, 0.4) is 0 Å². The van der Waals surface area contributed by atoms with Gasteiger partial charge in [0.25, 0.3) is 5.91 Å². The Morgan fingerprint density at radius 2 is 2.15 bits per heavy atom. The van der Waals surface area contributed by atoms with E-state index in [9.17, 15) is 9.18 Å². The van der Waals surface area contributed by atoms with Crippen molar-refractivity contribution in [2.24, 2.45) is 11.3 Å². The summed E-state index contributed by atoms with van der Waals surface area (Å²) in [5.41, 5.74) is 0.461. The molecule has 2 heterocycles. The molecule has 2 aromatic rings. The Balaban J connectivity index is 1.65. The first-order valence-electron chi connectivity index (χ1n) is 8.97. The van der Waals surface area contributed by atoms with Gasteiger partial charge in [0.05, 0.1) is 12.3 Å². The number of carbonyl (C=O) groups excluding carboxylic acids is 1. The molecule has 1 aliphatic rings. The Morgan fingerprint density at radius 1 is 1.38 bits per heavy atom. The Morgan fingerprint density at radius 3 is 2.88 bits per heavy atom. The lowest BCUT2D eigenvalue weighted by molar-refractivity contribution is -0.0839. The molecule has 6 heteroatoms. The van der Waals surface area contributed by atoms with E-state index in [4.69, 9.17) is 4.74 Å². The maximum atomic E-state index is 13.9. The van der Waals surface area contributed by atoms with Gasteiger partial charge in [0.2, 0.25) is 0 Å². The minimum Gasteiger partial charge on any atom is -0.377 e. The minimum absolute atomic E-state index is 0.0400. The number of thiazole rings is 1. The lowest BCUT2D eigenvalue weighted by Gasteiger charge is -2.40. The quantitative estimate of drug-likeness (QED) is 0.853. The molecular weight excluding hydrogens is 351 g/mol. The molecule has 0 spiro atoms. The second-order valence-electron chi connectivity index (χ2n) is 7.78. The van der Waals surface area contributed by atoms with Crippen molar-refractivity contribution in [2.45, 2.75) is 39.7 Å². The van der Waals surface area contributed by atoms with Crippen molar-refractivity contribution in [3.63, 3.8) is 0 Å². The van der Waals surface area contributed by atoms with Crippen molar-refractivity contribution in [1.82, 2.24) is 10.3 Å². The molecular formula is C20H25FN2O2S. The van der Waals surface area contributed by atoms with E-state index < -0.39 is 0 Å². The van der Waals surface area contributed by atoms with Crippen LogP contribution in [0.4, 0.5) is 4.39 Å². The number of ether oxygens (including phenoxy) is 1. The van der Waals surface area contributed by atoms with Crippen LogP contribution in [0.1, 0.15) is 43.3 Å². The number of hydrogen-bond acceptors (Lipinski definition) is 4. The van der Waals surface area contributed by atoms with Gasteiger partial charge in [-0.05, 0) is 30.4 Å². The average molecular weight is 376 g/mol. The molecule has 1 saturated heterocycles. The molecule has 1 aromatic heterocycles. The number of hydrogen-bond donors (Lipinski definition) is 1. The highest BCUT2D eigenvalue weighted by molar-refractivity contribution is 7.16. The third-order valence-corrected chi connectivity index (χ3v) is 5.69. The predicted octanol–water partition coefficient (Wildman–Crippen LogP) is 4.52. The van der Waals surface area contributed by atoms with Crippen LogP contribution in [0.5, 0.6) is 0 Å². The fourth-order valence-corrected chi connectivity index (χ4v) is 4.32. The highest BCUT2D eigenvalue weighted by Gasteiger charge is 2.35. The van der Waals surface area contributed by atoms with E-state index in [0.29, 0.717) is 27.9 Å². The second-order valence-corrected chi connectivity index (χ2v) is 8.81. The summed E-state index contributed by atoms with van der Waals surface area (Å²) in [7, 11) is 0. The Labute approximate surface area is 157 Å². The number of rotatable bonds is 4. The summed E-state index contributed by atoms with van der Waals surface area (Å²) < 4.78 is 19.8. The Hall–Kier alpha value is -1.79. The third-order valence-electron chi connectivity index (χ3n) is 4.66. The van der Waals surface area contributed by atoms with Gasteiger partial charge in [-0.25, -0.2) is 9.37 Å². The molecule has 4 nitrogen and oxygen atoms in total. The monoisotopic (exact) mass is 376 g/mol. The number of benzene rings is 1. The average Bonchev–Trinajstić information content (AvgIpc) is 3.09. The maximum absolute atomic E-state index is 13.9. The van der Waals surface area contributed by atoms with Crippen LogP contribution in [0.25, 0.3) is 10.6 Å². The number of amides is 1. The molecule has 0 saturated carbocycles. The lowest BCUT2D eigenvalue weighted by atomic mass is 9.78. The first-order valence-corrected chi connectivity index (χ1v) is 9.78. The molecule has 0 unspecified atom stereocenters. The van der Waals surface area contributed by atoms with Gasteiger partial charge in [0.15, 0.2) is 0 Å². The molecule has 3 rings (SSSR count). The van der Waals surface area contributed by atoms with Gasteiger partial charge in [0, 0.05) is 24.6 Å². The van der Waals surface area contributed by atoms with Gasteiger partial charge >= 0.3 is 0 Å². The van der Waals surface area contributed by atoms with Crippen LogP contribution in [0.15, 0.2) is 30.5 Å². The summed E-state index contributed by atoms with van der Waals surface area (Å²) in [6.45, 7) is 7.87. The van der Waals surface area contributed by atoms with E-state index in [2.05, 4.69) is 31.1 Å². The zero-order chi connectivity index (χ0) is 18.7. The molecule has 1 amide bonds. The van der Waals surface area contributed by atoms with Crippen LogP contribution in [0, 0.1) is 17.2 Å². The van der Waals surface area contributed by atoms with Crippen LogP contribution in [-0.2, 0) is 4.74 Å². The summed E-state index contributed by atoms with van der Waals surface area (Å²) >= 11 is 1.21. The summed E-state index contributed by atoms with van der Waals surface area (Å²) in [4.78, 5) is 17.2. The fraction of sp³-hybridized carbons (Fsp3) is 0.500. The molecule has 0 bridgehead atoms. The lowest BCUT2D eigenvalue weighted by Crippen LogP contribution is -2.45. The summed E-state index contributed by atoms with van der Waals surface area (Å²) in [6.07, 6.45) is 3.71. The molecule has 26 heavy (non-hydrogen) atoms. The van der Waals surface area contributed by atoms with Gasteiger partial charge in [-0.1, -0.05) is 32.9 Å². The molecule has 1 aliphatic heterocycles. The van der Waals surface area contributed by atoms with Crippen molar-refractivity contribution < 1.29 is 13.9 Å². The van der Waals surface area contributed by atoms with Crippen LogP contribution >= 0.6 is 11.3 Å². The van der Waals surface area contributed by atoms with E-state index >= 15 is 0 Å². The van der Waals surface area contributed by atoms with Crippen LogP contribution < -0.4 is 5.32 Å². The fourth-order valence-electron chi connectivity index (χ4n) is 3.46. The number of nitrogens with zero attached hydrogens (tertiary/aromatic N) is 1. The summed E-state index contributed by atoms with van der Waals surface area (Å²) in [5.74, 6) is -0.198. The first-order chi connectivity index (χ1) is 12.4.